The molecule has 0 N–H and O–H groups in total. The fourth-order valence-corrected chi connectivity index (χ4v) is 5.40. The summed E-state index contributed by atoms with van der Waals surface area (Å²) in [5.74, 6) is 0.246. The lowest BCUT2D eigenvalue weighted by Crippen LogP contribution is -2.24. The zero-order chi connectivity index (χ0) is 20.7. The molecule has 1 unspecified atom stereocenters. The number of nitrogens with zero attached hydrogens (tertiary/aromatic N) is 5. The van der Waals surface area contributed by atoms with Gasteiger partial charge >= 0.3 is 13.5 Å². The maximum atomic E-state index is 13.5. The molecule has 2 aliphatic rings. The van der Waals surface area contributed by atoms with E-state index in [1.54, 1.807) is 0 Å². The van der Waals surface area contributed by atoms with Crippen LogP contribution >= 0.6 is 7.67 Å². The van der Waals surface area contributed by atoms with Crippen molar-refractivity contribution in [2.75, 3.05) is 32.8 Å². The minimum Gasteiger partial charge on any atom is -0.372 e. The lowest BCUT2D eigenvalue weighted by Gasteiger charge is -2.27. The molecule has 2 saturated heterocycles. The van der Waals surface area contributed by atoms with Gasteiger partial charge < -0.3 is 14.9 Å². The van der Waals surface area contributed by atoms with Crippen molar-refractivity contribution in [3.05, 3.63) is 22.1 Å². The van der Waals surface area contributed by atoms with E-state index in [0.29, 0.717) is 12.4 Å². The van der Waals surface area contributed by atoms with Gasteiger partial charge in [0.1, 0.15) is 18.8 Å². The average Bonchev–Trinajstić information content (AvgIpc) is 3.47. The van der Waals surface area contributed by atoms with Crippen molar-refractivity contribution < 1.29 is 18.7 Å². The highest BCUT2D eigenvalue weighted by atomic mass is 31.2. The molecule has 1 aromatic heterocycles. The van der Waals surface area contributed by atoms with Crippen molar-refractivity contribution in [2.45, 2.75) is 52.9 Å². The average molecular weight is 415 g/mol. The van der Waals surface area contributed by atoms with Gasteiger partial charge in [0, 0.05) is 26.2 Å². The Hall–Kier alpha value is -1.32. The van der Waals surface area contributed by atoms with E-state index >= 15 is 0 Å². The van der Waals surface area contributed by atoms with Crippen LogP contribution < -0.4 is 0 Å². The molecular weight excluding hydrogens is 385 g/mol. The summed E-state index contributed by atoms with van der Waals surface area (Å²) in [6.45, 7) is 13.2. The summed E-state index contributed by atoms with van der Waals surface area (Å²) in [7, 11) is -3.09. The topological polar surface area (TPSA) is 103 Å². The molecule has 1 atom stereocenters. The Kier molecular flexibility index (Phi) is 5.99. The van der Waals surface area contributed by atoms with Gasteiger partial charge in [0.15, 0.2) is 0 Å². The highest BCUT2D eigenvalue weighted by Gasteiger charge is 2.52. The summed E-state index contributed by atoms with van der Waals surface area (Å²) in [6, 6.07) is 0. The second-order valence-electron chi connectivity index (χ2n) is 8.51. The Morgan fingerprint density at radius 1 is 1.25 bits per heavy atom. The first kappa shape index (κ1) is 21.4. The maximum absolute atomic E-state index is 13.5. The number of hydrogen-bond acceptors (Lipinski definition) is 6. The minimum absolute atomic E-state index is 0.0579. The lowest BCUT2D eigenvalue weighted by atomic mass is 10.1. The Labute approximate surface area is 165 Å². The van der Waals surface area contributed by atoms with Crippen molar-refractivity contribution >= 4 is 13.5 Å². The Balaban J connectivity index is 1.87. The van der Waals surface area contributed by atoms with Crippen LogP contribution in [0, 0.1) is 16.0 Å². The molecule has 2 aliphatic heterocycles. The largest absolute Gasteiger partial charge is 0.372 e. The van der Waals surface area contributed by atoms with Crippen molar-refractivity contribution in [1.82, 2.24) is 18.9 Å². The third kappa shape index (κ3) is 4.80. The summed E-state index contributed by atoms with van der Waals surface area (Å²) in [4.78, 5) is 15.3. The third-order valence-electron chi connectivity index (χ3n) is 4.58. The van der Waals surface area contributed by atoms with E-state index in [4.69, 9.17) is 9.26 Å². The van der Waals surface area contributed by atoms with Crippen LogP contribution in [0.25, 0.3) is 0 Å². The minimum atomic E-state index is -3.09. The summed E-state index contributed by atoms with van der Waals surface area (Å²) in [5.41, 5.74) is -0.350. The van der Waals surface area contributed by atoms with Gasteiger partial charge in [0.25, 0.3) is 0 Å². The van der Waals surface area contributed by atoms with Gasteiger partial charge in [-0.2, -0.15) is 0 Å². The number of nitro groups is 1. The van der Waals surface area contributed by atoms with Crippen LogP contribution in [0.5, 0.6) is 0 Å². The predicted molar refractivity (Wildman–Crippen MR) is 104 cm³/mol. The zero-order valence-corrected chi connectivity index (χ0v) is 18.1. The lowest BCUT2D eigenvalue weighted by molar-refractivity contribution is -0.392. The molecule has 0 aliphatic carbocycles. The highest BCUT2D eigenvalue weighted by Crippen LogP contribution is 2.63. The molecule has 0 amide bonds. The first-order chi connectivity index (χ1) is 13.0. The number of ether oxygens (including phenoxy) is 1. The summed E-state index contributed by atoms with van der Waals surface area (Å²) in [5, 5.41) is 11.5. The van der Waals surface area contributed by atoms with Crippen LogP contribution in [0.4, 0.5) is 5.82 Å². The number of aromatic nitrogens is 2. The van der Waals surface area contributed by atoms with Crippen LogP contribution in [0.1, 0.15) is 46.5 Å². The Bertz CT molecular complexity index is 750. The predicted octanol–water partition coefficient (Wildman–Crippen LogP) is 3.06. The van der Waals surface area contributed by atoms with E-state index in [9.17, 15) is 14.7 Å². The SMILES string of the molecule is CC(C)C(OP(=O)(N1CC1)N1CC1)c1ncc([N+](=O)[O-])n1CCOC(C)(C)C. The number of hydrogen-bond donors (Lipinski definition) is 0. The molecular formula is C17H30N5O5P. The second-order valence-corrected chi connectivity index (χ2v) is 10.8. The van der Waals surface area contributed by atoms with Gasteiger partial charge in [-0.15, -0.1) is 0 Å². The van der Waals surface area contributed by atoms with Crippen LogP contribution in [0.15, 0.2) is 6.20 Å². The molecule has 0 aromatic carbocycles. The van der Waals surface area contributed by atoms with E-state index in [0.717, 1.165) is 26.2 Å². The number of rotatable bonds is 10. The van der Waals surface area contributed by atoms with Gasteiger partial charge in [-0.3, -0.25) is 9.09 Å². The van der Waals surface area contributed by atoms with Crippen LogP contribution in [-0.4, -0.2) is 62.2 Å². The van der Waals surface area contributed by atoms with Crippen molar-refractivity contribution in [1.29, 1.82) is 0 Å². The molecule has 3 rings (SSSR count). The molecule has 0 radical (unpaired) electrons. The fraction of sp³-hybridized carbons (Fsp3) is 0.824. The molecule has 11 heteroatoms. The Morgan fingerprint density at radius 2 is 1.82 bits per heavy atom. The highest BCUT2D eigenvalue weighted by molar-refractivity contribution is 7.54. The summed E-state index contributed by atoms with van der Waals surface area (Å²) in [6.07, 6.45) is 0.626. The van der Waals surface area contributed by atoms with Crippen molar-refractivity contribution in [3.63, 3.8) is 0 Å². The van der Waals surface area contributed by atoms with Crippen LogP contribution in [-0.2, 0) is 20.4 Å². The standard InChI is InChI=1S/C17H30N5O5P/c1-13(2)15(27-28(25,19-6-7-19)20-8-9-20)16-18-12-14(22(23)24)21(16)10-11-26-17(3,4)5/h12-13,15H,6-11H2,1-5H3. The normalized spacial score (nSPS) is 19.2. The monoisotopic (exact) mass is 415 g/mol. The molecule has 28 heavy (non-hydrogen) atoms. The molecule has 3 heterocycles. The first-order valence-corrected chi connectivity index (χ1v) is 11.2. The van der Waals surface area contributed by atoms with E-state index in [1.165, 1.54) is 10.8 Å². The van der Waals surface area contributed by atoms with Crippen LogP contribution in [0.2, 0.25) is 0 Å². The molecule has 10 nitrogen and oxygen atoms in total. The molecule has 0 bridgehead atoms. The Morgan fingerprint density at radius 3 is 2.25 bits per heavy atom. The quantitative estimate of drug-likeness (QED) is 0.249. The van der Waals surface area contributed by atoms with Crippen LogP contribution in [0.3, 0.4) is 0 Å². The molecule has 158 valence electrons. The molecule has 0 spiro atoms. The zero-order valence-electron chi connectivity index (χ0n) is 17.2. The van der Waals surface area contributed by atoms with Gasteiger partial charge in [0.2, 0.25) is 5.82 Å². The van der Waals surface area contributed by atoms with Gasteiger partial charge in [0.05, 0.1) is 12.2 Å². The first-order valence-electron chi connectivity index (χ1n) is 9.66. The van der Waals surface area contributed by atoms with Crippen molar-refractivity contribution in [2.24, 2.45) is 5.92 Å². The van der Waals surface area contributed by atoms with E-state index < -0.39 is 18.7 Å². The third-order valence-corrected chi connectivity index (χ3v) is 7.31. The van der Waals surface area contributed by atoms with E-state index in [2.05, 4.69) is 4.98 Å². The van der Waals surface area contributed by atoms with Crippen molar-refractivity contribution in [3.8, 4) is 0 Å². The summed E-state index contributed by atoms with van der Waals surface area (Å²) >= 11 is 0. The molecule has 2 fully saturated rings. The maximum Gasteiger partial charge on any atom is 0.347 e. The number of imidazole rings is 1. The van der Waals surface area contributed by atoms with Gasteiger partial charge in [-0.1, -0.05) is 13.8 Å². The van der Waals surface area contributed by atoms with Gasteiger partial charge in [-0.25, -0.2) is 18.9 Å². The van der Waals surface area contributed by atoms with Gasteiger partial charge in [-0.05, 0) is 31.6 Å². The molecule has 1 aromatic rings. The molecule has 0 saturated carbocycles. The van der Waals surface area contributed by atoms with E-state index in [-0.39, 0.29) is 23.9 Å². The summed E-state index contributed by atoms with van der Waals surface area (Å²) < 4.78 is 30.6. The van der Waals surface area contributed by atoms with E-state index in [1.807, 2.05) is 44.0 Å². The fourth-order valence-electron chi connectivity index (χ4n) is 2.95. The smallest absolute Gasteiger partial charge is 0.347 e. The second kappa shape index (κ2) is 7.84.